The van der Waals surface area contributed by atoms with E-state index in [1.165, 1.54) is 12.1 Å². The summed E-state index contributed by atoms with van der Waals surface area (Å²) in [5.41, 5.74) is -4.16. The Labute approximate surface area is 128 Å². The van der Waals surface area contributed by atoms with Crippen molar-refractivity contribution in [2.75, 3.05) is 6.54 Å². The molecule has 3 N–H and O–H groups in total. The van der Waals surface area contributed by atoms with Gasteiger partial charge in [0.2, 0.25) is 0 Å². The molecule has 0 unspecified atom stereocenters. The summed E-state index contributed by atoms with van der Waals surface area (Å²) in [5, 5.41) is 3.02. The van der Waals surface area contributed by atoms with E-state index < -0.39 is 18.8 Å². The van der Waals surface area contributed by atoms with E-state index >= 15 is 0 Å². The molecule has 0 bridgehead atoms. The van der Waals surface area contributed by atoms with Crippen LogP contribution in [0.2, 0.25) is 0 Å². The van der Waals surface area contributed by atoms with Crippen LogP contribution in [0.25, 0.3) is 0 Å². The zero-order valence-corrected chi connectivity index (χ0v) is 14.1. The van der Waals surface area contributed by atoms with Gasteiger partial charge in [-0.2, -0.15) is 8.78 Å². The van der Waals surface area contributed by atoms with E-state index in [-0.39, 0.29) is 21.5 Å². The highest BCUT2D eigenvalue weighted by atomic mass is 79.9. The molecule has 0 amide bonds. The molecule has 1 aromatic rings. The Morgan fingerprint density at radius 3 is 2.42 bits per heavy atom. The van der Waals surface area contributed by atoms with Crippen LogP contribution in [0.4, 0.5) is 8.78 Å². The summed E-state index contributed by atoms with van der Waals surface area (Å²) in [6.45, 7) is 3.14. The largest absolute Gasteiger partial charge is 0.399 e. The molecule has 1 rings (SSSR count). The van der Waals surface area contributed by atoms with Crippen LogP contribution in [0.3, 0.4) is 0 Å². The number of nitrogens with one attached hydrogen (secondary N) is 1. The molecule has 1 aromatic carbocycles. The summed E-state index contributed by atoms with van der Waals surface area (Å²) in [4.78, 5) is 17.3. The van der Waals surface area contributed by atoms with Crippen molar-refractivity contribution in [2.45, 2.75) is 19.1 Å². The van der Waals surface area contributed by atoms with Crippen molar-refractivity contribution in [3.05, 3.63) is 33.8 Å². The van der Waals surface area contributed by atoms with E-state index in [0.717, 1.165) is 18.2 Å². The van der Waals surface area contributed by atoms with Gasteiger partial charge in [0.1, 0.15) is 0 Å². The van der Waals surface area contributed by atoms with Gasteiger partial charge in [0, 0.05) is 16.6 Å². The van der Waals surface area contributed by atoms with Crippen molar-refractivity contribution < 1.29 is 23.1 Å². The normalized spacial score (nSPS) is 12.1. The van der Waals surface area contributed by atoms with E-state index in [2.05, 4.69) is 21.2 Å². The van der Waals surface area contributed by atoms with Crippen molar-refractivity contribution in [3.8, 4) is 0 Å². The zero-order valence-electron chi connectivity index (χ0n) is 9.94. The smallest absolute Gasteiger partial charge is 0.320 e. The highest BCUT2D eigenvalue weighted by Crippen LogP contribution is 2.60. The van der Waals surface area contributed by atoms with Crippen molar-refractivity contribution in [1.82, 2.24) is 5.32 Å². The van der Waals surface area contributed by atoms with Gasteiger partial charge in [-0.25, -0.2) is 0 Å². The average molecular weight is 425 g/mol. The number of halogens is 4. The second-order valence-corrected chi connectivity index (χ2v) is 6.18. The first-order chi connectivity index (χ1) is 8.20. The molecule has 0 atom stereocenters. The molecule has 0 aliphatic carbocycles. The Hall–Kier alpha value is 0.150. The number of benzene rings is 1. The third kappa shape index (κ3) is 4.58. The van der Waals surface area contributed by atoms with Crippen LogP contribution < -0.4 is 5.32 Å². The molecule has 0 heterocycles. The monoisotopic (exact) mass is 423 g/mol. The lowest BCUT2D eigenvalue weighted by Gasteiger charge is -2.19. The molecule has 0 saturated carbocycles. The van der Waals surface area contributed by atoms with Gasteiger partial charge < -0.3 is 15.1 Å². The molecule has 0 aliphatic rings. The topological polar surface area (TPSA) is 69.6 Å². The number of alkyl halides is 2. The second kappa shape index (κ2) is 7.24. The summed E-state index contributed by atoms with van der Waals surface area (Å²) in [5.74, 6) is 0. The first-order valence-electron chi connectivity index (χ1n) is 5.13. The van der Waals surface area contributed by atoms with E-state index in [1.54, 1.807) is 0 Å². The fourth-order valence-electron chi connectivity index (χ4n) is 1.34. The molecule has 0 aliphatic heterocycles. The van der Waals surface area contributed by atoms with Crippen molar-refractivity contribution in [1.29, 1.82) is 0 Å². The van der Waals surface area contributed by atoms with Gasteiger partial charge >= 0.3 is 13.3 Å². The molecule has 0 saturated heterocycles. The van der Waals surface area contributed by atoms with Crippen molar-refractivity contribution in [3.63, 3.8) is 0 Å². The first kappa shape index (κ1) is 19.1. The summed E-state index contributed by atoms with van der Waals surface area (Å²) in [6, 6.07) is 3.85. The van der Waals surface area contributed by atoms with E-state index in [1.807, 2.05) is 6.92 Å². The summed E-state index contributed by atoms with van der Waals surface area (Å²) < 4.78 is 37.7. The third-order valence-electron chi connectivity index (χ3n) is 2.30. The molecule has 4 nitrogen and oxygen atoms in total. The molecule has 0 aromatic heterocycles. The van der Waals surface area contributed by atoms with Gasteiger partial charge in [0.25, 0.3) is 0 Å². The van der Waals surface area contributed by atoms with Crippen LogP contribution in [-0.4, -0.2) is 16.3 Å². The van der Waals surface area contributed by atoms with Crippen LogP contribution in [0, 0.1) is 0 Å². The molecular weight excluding hydrogens is 411 g/mol. The lowest BCUT2D eigenvalue weighted by atomic mass is 10.1. The second-order valence-electron chi connectivity index (χ2n) is 3.68. The predicted octanol–water partition coefficient (Wildman–Crippen LogP) is 3.36. The maximum atomic E-state index is 13.5. The molecule has 9 heteroatoms. The van der Waals surface area contributed by atoms with Gasteiger partial charge in [-0.1, -0.05) is 35.0 Å². The van der Waals surface area contributed by atoms with Crippen LogP contribution in [0.1, 0.15) is 18.1 Å². The molecule has 0 spiro atoms. The molecular formula is C10H14Br2F2NO3P. The van der Waals surface area contributed by atoms with Gasteiger partial charge in [-0.15, -0.1) is 17.0 Å². The Balaban J connectivity index is 0.00000324. The maximum absolute atomic E-state index is 13.5. The van der Waals surface area contributed by atoms with E-state index in [4.69, 9.17) is 9.79 Å². The van der Waals surface area contributed by atoms with Gasteiger partial charge in [-0.05, 0) is 18.2 Å². The van der Waals surface area contributed by atoms with Crippen LogP contribution in [-0.2, 0) is 16.8 Å². The van der Waals surface area contributed by atoms with E-state index in [9.17, 15) is 13.3 Å². The van der Waals surface area contributed by atoms with Crippen molar-refractivity contribution >= 4 is 40.5 Å². The Morgan fingerprint density at radius 2 is 2.00 bits per heavy atom. The first-order valence-corrected chi connectivity index (χ1v) is 7.53. The minimum atomic E-state index is -5.53. The fourth-order valence-corrected chi connectivity index (χ4v) is 2.68. The summed E-state index contributed by atoms with van der Waals surface area (Å²) >= 11 is 2.92. The van der Waals surface area contributed by atoms with Gasteiger partial charge in [-0.3, -0.25) is 4.57 Å². The lowest BCUT2D eigenvalue weighted by Crippen LogP contribution is -2.16. The van der Waals surface area contributed by atoms with E-state index in [0.29, 0.717) is 6.54 Å². The van der Waals surface area contributed by atoms with Gasteiger partial charge in [0.15, 0.2) is 0 Å². The molecule has 19 heavy (non-hydrogen) atoms. The predicted molar refractivity (Wildman–Crippen MR) is 77.8 cm³/mol. The Bertz CT molecular complexity index is 482. The summed E-state index contributed by atoms with van der Waals surface area (Å²) in [6.07, 6.45) is 0. The third-order valence-corrected chi connectivity index (χ3v) is 3.93. The molecule has 0 radical (unpaired) electrons. The highest BCUT2D eigenvalue weighted by molar-refractivity contribution is 9.10. The lowest BCUT2D eigenvalue weighted by molar-refractivity contribution is 0.0557. The number of hydrogen-bond acceptors (Lipinski definition) is 2. The zero-order chi connectivity index (χ0) is 14.0. The summed E-state index contributed by atoms with van der Waals surface area (Å²) in [7, 11) is -5.53. The minimum Gasteiger partial charge on any atom is -0.320 e. The fraction of sp³-hybridized carbons (Fsp3) is 0.400. The SMILES string of the molecule is Br.CCNCc1ccc(C(F)(F)P(=O)(O)O)c(Br)c1. The Morgan fingerprint density at radius 1 is 1.42 bits per heavy atom. The Kier molecular flexibility index (Phi) is 7.30. The maximum Gasteiger partial charge on any atom is 0.399 e. The van der Waals surface area contributed by atoms with Crippen LogP contribution in [0.15, 0.2) is 22.7 Å². The van der Waals surface area contributed by atoms with Gasteiger partial charge in [0.05, 0.1) is 0 Å². The minimum absolute atomic E-state index is 0. The van der Waals surface area contributed by atoms with Crippen LogP contribution in [0.5, 0.6) is 0 Å². The number of rotatable bonds is 5. The highest BCUT2D eigenvalue weighted by Gasteiger charge is 2.51. The molecule has 110 valence electrons. The average Bonchev–Trinajstić information content (AvgIpc) is 2.24. The quantitative estimate of drug-likeness (QED) is 0.634. The van der Waals surface area contributed by atoms with Crippen molar-refractivity contribution in [2.24, 2.45) is 0 Å². The number of hydrogen-bond donors (Lipinski definition) is 3. The molecule has 0 fully saturated rings. The van der Waals surface area contributed by atoms with Crippen LogP contribution >= 0.6 is 40.5 Å². The standard InChI is InChI=1S/C10H13BrF2NO3P.BrH/c1-2-14-6-7-3-4-8(9(11)5-7)10(12,13)18(15,16)17;/h3-5,14H,2,6H2,1H3,(H2,15,16,17);1H.